The quantitative estimate of drug-likeness (QED) is 0.707. The van der Waals surface area contributed by atoms with Crippen LogP contribution in [0.1, 0.15) is 11.1 Å². The van der Waals surface area contributed by atoms with E-state index in [-0.39, 0.29) is 0 Å². The lowest BCUT2D eigenvalue weighted by Gasteiger charge is -2.11. The van der Waals surface area contributed by atoms with E-state index in [1.807, 2.05) is 12.1 Å². The lowest BCUT2D eigenvalue weighted by Crippen LogP contribution is -1.98. The van der Waals surface area contributed by atoms with E-state index < -0.39 is 5.63 Å². The van der Waals surface area contributed by atoms with E-state index in [1.165, 1.54) is 6.07 Å². The summed E-state index contributed by atoms with van der Waals surface area (Å²) in [5.41, 5.74) is 2.83. The van der Waals surface area contributed by atoms with Crippen molar-refractivity contribution in [2.45, 2.75) is 0 Å². The summed E-state index contributed by atoms with van der Waals surface area (Å²) in [5.74, 6) is 1.63. The van der Waals surface area contributed by atoms with Crippen LogP contribution in [0.2, 0.25) is 0 Å². The van der Waals surface area contributed by atoms with Crippen molar-refractivity contribution < 1.29 is 13.9 Å². The van der Waals surface area contributed by atoms with Gasteiger partial charge in [0, 0.05) is 11.6 Å². The van der Waals surface area contributed by atoms with Crippen molar-refractivity contribution in [3.63, 3.8) is 0 Å². The molecule has 1 aromatic heterocycles. The van der Waals surface area contributed by atoms with E-state index in [4.69, 9.17) is 13.9 Å². The molecule has 96 valence electrons. The minimum absolute atomic E-state index is 0.399. The molecule has 19 heavy (non-hydrogen) atoms. The Balaban J connectivity index is 2.41. The van der Waals surface area contributed by atoms with Gasteiger partial charge in [-0.3, -0.25) is 0 Å². The molecule has 0 bridgehead atoms. The lowest BCUT2D eigenvalue weighted by molar-refractivity contribution is 0.355. The molecule has 0 saturated heterocycles. The van der Waals surface area contributed by atoms with E-state index >= 15 is 0 Å². The highest BCUT2D eigenvalue weighted by Gasteiger charge is 2.30. The monoisotopic (exact) mass is 256 g/mol. The van der Waals surface area contributed by atoms with Crippen LogP contribution in [0.4, 0.5) is 0 Å². The van der Waals surface area contributed by atoms with Crippen LogP contribution < -0.4 is 15.1 Å². The third kappa shape index (κ3) is 1.50. The Bertz CT molecular complexity index is 740. The summed E-state index contributed by atoms with van der Waals surface area (Å²) in [6, 6.07) is 6.81. The standard InChI is InChI=1S/C15H12O4/c1-8-9-4-6-11(17-2)15(18-3)13(9)14-10(8)5-7-12(16)19-14/h4-7H,1H2,2-3H3. The van der Waals surface area contributed by atoms with Gasteiger partial charge in [0.1, 0.15) is 0 Å². The van der Waals surface area contributed by atoms with Gasteiger partial charge in [0.2, 0.25) is 0 Å². The second kappa shape index (κ2) is 4.02. The predicted octanol–water partition coefficient (Wildman–Crippen LogP) is 2.70. The number of methoxy groups -OCH3 is 2. The first-order valence-electron chi connectivity index (χ1n) is 5.76. The average Bonchev–Trinajstić information content (AvgIpc) is 2.71. The highest BCUT2D eigenvalue weighted by Crippen LogP contribution is 2.50. The Kier molecular flexibility index (Phi) is 2.45. The molecule has 3 rings (SSSR count). The molecule has 0 radical (unpaired) electrons. The SMILES string of the molecule is C=C1c2ccc(=O)oc2-c2c1ccc(OC)c2OC. The molecule has 0 spiro atoms. The van der Waals surface area contributed by atoms with Gasteiger partial charge in [-0.25, -0.2) is 4.79 Å². The number of hydrogen-bond donors (Lipinski definition) is 0. The third-order valence-corrected chi connectivity index (χ3v) is 3.26. The minimum atomic E-state index is -0.399. The number of rotatable bonds is 2. The number of fused-ring (bicyclic) bond motifs is 3. The van der Waals surface area contributed by atoms with Crippen LogP contribution in [-0.2, 0) is 0 Å². The van der Waals surface area contributed by atoms with Crippen LogP contribution in [0.15, 0.2) is 40.1 Å². The van der Waals surface area contributed by atoms with Crippen LogP contribution in [-0.4, -0.2) is 14.2 Å². The summed E-state index contributed by atoms with van der Waals surface area (Å²) in [6.07, 6.45) is 0. The first kappa shape index (κ1) is 11.6. The Labute approximate surface area is 109 Å². The second-order valence-corrected chi connectivity index (χ2v) is 4.20. The summed E-state index contributed by atoms with van der Waals surface area (Å²) >= 11 is 0. The largest absolute Gasteiger partial charge is 0.493 e. The summed E-state index contributed by atoms with van der Waals surface area (Å²) < 4.78 is 16.0. The van der Waals surface area contributed by atoms with Crippen molar-refractivity contribution in [3.05, 3.63) is 52.4 Å². The molecular weight excluding hydrogens is 244 g/mol. The van der Waals surface area contributed by atoms with Gasteiger partial charge in [-0.05, 0) is 29.3 Å². The molecule has 1 aromatic carbocycles. The smallest absolute Gasteiger partial charge is 0.336 e. The van der Waals surface area contributed by atoms with Crippen molar-refractivity contribution in [2.75, 3.05) is 14.2 Å². The molecular formula is C15H12O4. The Hall–Kier alpha value is -2.49. The number of benzene rings is 1. The fraction of sp³-hybridized carbons (Fsp3) is 0.133. The maximum atomic E-state index is 11.4. The molecule has 1 aliphatic carbocycles. The van der Waals surface area contributed by atoms with E-state index in [9.17, 15) is 4.79 Å². The summed E-state index contributed by atoms with van der Waals surface area (Å²) in [4.78, 5) is 11.4. The van der Waals surface area contributed by atoms with Crippen LogP contribution in [0.3, 0.4) is 0 Å². The molecule has 0 amide bonds. The minimum Gasteiger partial charge on any atom is -0.493 e. The van der Waals surface area contributed by atoms with Crippen molar-refractivity contribution in [2.24, 2.45) is 0 Å². The molecule has 1 aliphatic rings. The fourth-order valence-electron chi connectivity index (χ4n) is 2.39. The first-order chi connectivity index (χ1) is 9.17. The van der Waals surface area contributed by atoms with Crippen LogP contribution in [0, 0.1) is 0 Å². The van der Waals surface area contributed by atoms with Crippen molar-refractivity contribution >= 4 is 5.57 Å². The van der Waals surface area contributed by atoms with Crippen molar-refractivity contribution in [3.8, 4) is 22.8 Å². The Morgan fingerprint density at radius 3 is 2.47 bits per heavy atom. The van der Waals surface area contributed by atoms with Crippen LogP contribution >= 0.6 is 0 Å². The zero-order valence-corrected chi connectivity index (χ0v) is 10.6. The third-order valence-electron chi connectivity index (χ3n) is 3.26. The molecule has 0 fully saturated rings. The molecule has 0 saturated carbocycles. The molecule has 0 N–H and O–H groups in total. The second-order valence-electron chi connectivity index (χ2n) is 4.20. The zero-order chi connectivity index (χ0) is 13.6. The Morgan fingerprint density at radius 1 is 1.05 bits per heavy atom. The van der Waals surface area contributed by atoms with Crippen LogP contribution in [0.25, 0.3) is 16.9 Å². The van der Waals surface area contributed by atoms with Crippen LogP contribution in [0.5, 0.6) is 11.5 Å². The van der Waals surface area contributed by atoms with Gasteiger partial charge >= 0.3 is 5.63 Å². The topological polar surface area (TPSA) is 48.7 Å². The predicted molar refractivity (Wildman–Crippen MR) is 71.7 cm³/mol. The maximum absolute atomic E-state index is 11.4. The summed E-state index contributed by atoms with van der Waals surface area (Å²) in [7, 11) is 3.12. The molecule has 0 atom stereocenters. The van der Waals surface area contributed by atoms with Gasteiger partial charge < -0.3 is 13.9 Å². The van der Waals surface area contributed by atoms with E-state index in [0.29, 0.717) is 17.3 Å². The average molecular weight is 256 g/mol. The normalized spacial score (nSPS) is 12.0. The van der Waals surface area contributed by atoms with E-state index in [1.54, 1.807) is 20.3 Å². The van der Waals surface area contributed by atoms with Gasteiger partial charge in [0.25, 0.3) is 0 Å². The highest BCUT2D eigenvalue weighted by molar-refractivity contribution is 6.01. The molecule has 0 unspecified atom stereocenters. The number of ether oxygens (including phenoxy) is 2. The summed E-state index contributed by atoms with van der Waals surface area (Å²) in [5, 5.41) is 0. The fourth-order valence-corrected chi connectivity index (χ4v) is 2.39. The molecule has 0 aliphatic heterocycles. The van der Waals surface area contributed by atoms with Gasteiger partial charge in [-0.15, -0.1) is 0 Å². The molecule has 4 nitrogen and oxygen atoms in total. The summed E-state index contributed by atoms with van der Waals surface area (Å²) in [6.45, 7) is 4.04. The molecule has 2 aromatic rings. The van der Waals surface area contributed by atoms with Gasteiger partial charge in [0.05, 0.1) is 19.8 Å². The van der Waals surface area contributed by atoms with Gasteiger partial charge in [-0.2, -0.15) is 0 Å². The highest BCUT2D eigenvalue weighted by atomic mass is 16.5. The molecule has 4 heteroatoms. The lowest BCUT2D eigenvalue weighted by atomic mass is 10.1. The van der Waals surface area contributed by atoms with Crippen molar-refractivity contribution in [1.29, 1.82) is 0 Å². The molecule has 1 heterocycles. The number of hydrogen-bond acceptors (Lipinski definition) is 4. The first-order valence-corrected chi connectivity index (χ1v) is 5.76. The Morgan fingerprint density at radius 2 is 1.79 bits per heavy atom. The van der Waals surface area contributed by atoms with E-state index in [0.717, 1.165) is 22.3 Å². The van der Waals surface area contributed by atoms with Crippen molar-refractivity contribution in [1.82, 2.24) is 0 Å². The van der Waals surface area contributed by atoms with Gasteiger partial charge in [0.15, 0.2) is 17.3 Å². The zero-order valence-electron chi connectivity index (χ0n) is 10.6. The maximum Gasteiger partial charge on any atom is 0.336 e. The van der Waals surface area contributed by atoms with E-state index in [2.05, 4.69) is 6.58 Å². The van der Waals surface area contributed by atoms with Gasteiger partial charge in [-0.1, -0.05) is 6.58 Å².